The minimum absolute atomic E-state index is 0.157. The number of carbonyl (C=O) groups excluding carboxylic acids is 1. The molecule has 0 saturated heterocycles. The van der Waals surface area contributed by atoms with E-state index in [2.05, 4.69) is 9.72 Å². The molecule has 5 nitrogen and oxygen atoms in total. The molecule has 0 atom stereocenters. The van der Waals surface area contributed by atoms with Crippen molar-refractivity contribution < 1.29 is 9.53 Å². The summed E-state index contributed by atoms with van der Waals surface area (Å²) in [6, 6.07) is 3.79. The highest BCUT2D eigenvalue weighted by Crippen LogP contribution is 2.18. The third-order valence-corrected chi connectivity index (χ3v) is 2.46. The Morgan fingerprint density at radius 1 is 1.62 bits per heavy atom. The monoisotopic (exact) mass is 219 g/mol. The Labute approximate surface area is 92.8 Å². The zero-order valence-electron chi connectivity index (χ0n) is 9.01. The lowest BCUT2D eigenvalue weighted by Gasteiger charge is -2.01. The number of pyridine rings is 1. The van der Waals surface area contributed by atoms with Crippen LogP contribution in [-0.2, 0) is 22.6 Å². The zero-order valence-corrected chi connectivity index (χ0v) is 9.01. The highest BCUT2D eigenvalue weighted by atomic mass is 16.5. The predicted molar refractivity (Wildman–Crippen MR) is 59.6 cm³/mol. The van der Waals surface area contributed by atoms with Gasteiger partial charge < -0.3 is 15.0 Å². The molecule has 0 radical (unpaired) electrons. The first-order valence-corrected chi connectivity index (χ1v) is 4.96. The Hall–Kier alpha value is -1.88. The van der Waals surface area contributed by atoms with Crippen LogP contribution in [0.3, 0.4) is 0 Å². The molecule has 2 N–H and O–H groups in total. The maximum absolute atomic E-state index is 11.2. The second-order valence-electron chi connectivity index (χ2n) is 3.44. The van der Waals surface area contributed by atoms with E-state index in [0.717, 1.165) is 16.6 Å². The van der Waals surface area contributed by atoms with E-state index in [9.17, 15) is 4.79 Å². The molecule has 5 heteroatoms. The molecule has 0 amide bonds. The third kappa shape index (κ3) is 1.77. The number of ether oxygens (including phenoxy) is 1. The molecule has 0 fully saturated rings. The normalized spacial score (nSPS) is 10.6. The summed E-state index contributed by atoms with van der Waals surface area (Å²) in [7, 11) is 1.37. The summed E-state index contributed by atoms with van der Waals surface area (Å²) in [5.74, 6) is -0.300. The number of hydrogen-bond donors (Lipinski definition) is 1. The van der Waals surface area contributed by atoms with Gasteiger partial charge in [-0.15, -0.1) is 0 Å². The number of nitrogens with zero attached hydrogens (tertiary/aromatic N) is 2. The fraction of sp³-hybridized carbons (Fsp3) is 0.273. The van der Waals surface area contributed by atoms with Gasteiger partial charge in [-0.25, -0.2) is 4.98 Å². The first kappa shape index (κ1) is 10.6. The summed E-state index contributed by atoms with van der Waals surface area (Å²) in [4.78, 5) is 15.5. The van der Waals surface area contributed by atoms with Gasteiger partial charge in [-0.1, -0.05) is 0 Å². The molecule has 0 aliphatic heterocycles. The molecule has 2 aromatic rings. The van der Waals surface area contributed by atoms with Crippen LogP contribution >= 0.6 is 0 Å². The standard InChI is InChI=1S/C11H13N3O2/c1-16-10(15)7-14-6-8(5-12)9-3-2-4-13-11(9)14/h2-4,6H,5,7,12H2,1H3. The number of hydrogen-bond acceptors (Lipinski definition) is 4. The lowest BCUT2D eigenvalue weighted by molar-refractivity contribution is -0.141. The van der Waals surface area contributed by atoms with Crippen molar-refractivity contribution in [2.45, 2.75) is 13.1 Å². The van der Waals surface area contributed by atoms with Gasteiger partial charge in [0.25, 0.3) is 0 Å². The number of rotatable bonds is 3. The van der Waals surface area contributed by atoms with E-state index in [4.69, 9.17) is 5.73 Å². The number of fused-ring (bicyclic) bond motifs is 1. The third-order valence-electron chi connectivity index (χ3n) is 2.46. The molecular formula is C11H13N3O2. The van der Waals surface area contributed by atoms with Crippen molar-refractivity contribution in [1.29, 1.82) is 0 Å². The second kappa shape index (κ2) is 4.32. The maximum Gasteiger partial charge on any atom is 0.325 e. The van der Waals surface area contributed by atoms with Gasteiger partial charge >= 0.3 is 5.97 Å². The number of esters is 1. The first-order valence-electron chi connectivity index (χ1n) is 4.96. The van der Waals surface area contributed by atoms with Crippen LogP contribution in [0.25, 0.3) is 11.0 Å². The summed E-state index contributed by atoms with van der Waals surface area (Å²) in [6.45, 7) is 0.584. The number of nitrogens with two attached hydrogens (primary N) is 1. The molecule has 2 aromatic heterocycles. The summed E-state index contributed by atoms with van der Waals surface area (Å²) in [5.41, 5.74) is 7.37. The molecule has 84 valence electrons. The smallest absolute Gasteiger partial charge is 0.325 e. The van der Waals surface area contributed by atoms with Gasteiger partial charge in [0.1, 0.15) is 12.2 Å². The fourth-order valence-corrected chi connectivity index (χ4v) is 1.68. The minimum atomic E-state index is -0.300. The van der Waals surface area contributed by atoms with Crippen molar-refractivity contribution in [3.63, 3.8) is 0 Å². The number of methoxy groups -OCH3 is 1. The molecule has 2 heterocycles. The molecule has 0 unspecified atom stereocenters. The van der Waals surface area contributed by atoms with Crippen molar-refractivity contribution in [2.75, 3.05) is 7.11 Å². The van der Waals surface area contributed by atoms with Crippen molar-refractivity contribution in [1.82, 2.24) is 9.55 Å². The lowest BCUT2D eigenvalue weighted by Crippen LogP contribution is -2.10. The van der Waals surface area contributed by atoms with Crippen LogP contribution in [-0.4, -0.2) is 22.6 Å². The van der Waals surface area contributed by atoms with Crippen molar-refractivity contribution in [3.8, 4) is 0 Å². The second-order valence-corrected chi connectivity index (χ2v) is 3.44. The van der Waals surface area contributed by atoms with Crippen LogP contribution in [0.1, 0.15) is 5.56 Å². The van der Waals surface area contributed by atoms with E-state index < -0.39 is 0 Å². The first-order chi connectivity index (χ1) is 7.76. The Morgan fingerprint density at radius 3 is 3.12 bits per heavy atom. The van der Waals surface area contributed by atoms with Gasteiger partial charge in [-0.05, 0) is 17.7 Å². The predicted octanol–water partition coefficient (Wildman–Crippen LogP) is 0.668. The summed E-state index contributed by atoms with van der Waals surface area (Å²) in [5, 5.41) is 0.980. The highest BCUT2D eigenvalue weighted by molar-refractivity contribution is 5.82. The van der Waals surface area contributed by atoms with Crippen molar-refractivity contribution >= 4 is 17.0 Å². The van der Waals surface area contributed by atoms with Gasteiger partial charge in [0, 0.05) is 24.3 Å². The number of aromatic nitrogens is 2. The average Bonchev–Trinajstić information content (AvgIpc) is 2.68. The van der Waals surface area contributed by atoms with Crippen LogP contribution in [0.2, 0.25) is 0 Å². The van der Waals surface area contributed by atoms with Gasteiger partial charge in [-0.2, -0.15) is 0 Å². The minimum Gasteiger partial charge on any atom is -0.468 e. The van der Waals surface area contributed by atoms with E-state index in [1.54, 1.807) is 10.8 Å². The van der Waals surface area contributed by atoms with Crippen molar-refractivity contribution in [2.24, 2.45) is 5.73 Å². The van der Waals surface area contributed by atoms with Gasteiger partial charge in [0.15, 0.2) is 0 Å². The Morgan fingerprint density at radius 2 is 2.44 bits per heavy atom. The fourth-order valence-electron chi connectivity index (χ4n) is 1.68. The largest absolute Gasteiger partial charge is 0.468 e. The number of carbonyl (C=O) groups is 1. The Bertz CT molecular complexity index is 519. The van der Waals surface area contributed by atoms with Gasteiger partial charge in [0.05, 0.1) is 7.11 Å². The Kier molecular flexibility index (Phi) is 2.87. The molecule has 2 rings (SSSR count). The van der Waals surface area contributed by atoms with E-state index in [-0.39, 0.29) is 12.5 Å². The summed E-state index contributed by atoms with van der Waals surface area (Å²) in [6.07, 6.45) is 3.53. The van der Waals surface area contributed by atoms with Crippen molar-refractivity contribution in [3.05, 3.63) is 30.1 Å². The molecule has 0 aliphatic carbocycles. The zero-order chi connectivity index (χ0) is 11.5. The van der Waals surface area contributed by atoms with E-state index >= 15 is 0 Å². The topological polar surface area (TPSA) is 70.1 Å². The highest BCUT2D eigenvalue weighted by Gasteiger charge is 2.10. The average molecular weight is 219 g/mol. The molecule has 0 saturated carbocycles. The summed E-state index contributed by atoms with van der Waals surface area (Å²) < 4.78 is 6.38. The summed E-state index contributed by atoms with van der Waals surface area (Å²) >= 11 is 0. The SMILES string of the molecule is COC(=O)Cn1cc(CN)c2cccnc21. The molecule has 0 aromatic carbocycles. The quantitative estimate of drug-likeness (QED) is 0.770. The van der Waals surface area contributed by atoms with Crippen LogP contribution < -0.4 is 5.73 Å². The maximum atomic E-state index is 11.2. The lowest BCUT2D eigenvalue weighted by atomic mass is 10.2. The van der Waals surface area contributed by atoms with E-state index in [1.165, 1.54) is 7.11 Å². The van der Waals surface area contributed by atoms with Gasteiger partial charge in [-0.3, -0.25) is 4.79 Å². The van der Waals surface area contributed by atoms with E-state index in [1.807, 2.05) is 18.3 Å². The molecule has 0 bridgehead atoms. The molecular weight excluding hydrogens is 206 g/mol. The van der Waals surface area contributed by atoms with Crippen LogP contribution in [0.15, 0.2) is 24.5 Å². The van der Waals surface area contributed by atoms with Gasteiger partial charge in [0.2, 0.25) is 0 Å². The molecule has 16 heavy (non-hydrogen) atoms. The van der Waals surface area contributed by atoms with Crippen LogP contribution in [0.4, 0.5) is 0 Å². The van der Waals surface area contributed by atoms with Crippen LogP contribution in [0, 0.1) is 0 Å². The van der Waals surface area contributed by atoms with Crippen LogP contribution in [0.5, 0.6) is 0 Å². The molecule has 0 aliphatic rings. The van der Waals surface area contributed by atoms with E-state index in [0.29, 0.717) is 6.54 Å². The molecule has 0 spiro atoms. The Balaban J connectivity index is 2.49.